The maximum atomic E-state index is 6.43. The number of hydrogen-bond acceptors (Lipinski definition) is 4. The number of nitrogens with zero attached hydrogens (tertiary/aromatic N) is 6. The van der Waals surface area contributed by atoms with Gasteiger partial charge in [-0.3, -0.25) is 9.13 Å². The van der Waals surface area contributed by atoms with Crippen LogP contribution in [0.2, 0.25) is 0 Å². The Hall–Kier alpha value is -5.69. The van der Waals surface area contributed by atoms with Gasteiger partial charge in [-0.15, -0.1) is 0 Å². The fourth-order valence-electron chi connectivity index (χ4n) is 5.37. The Kier molecular flexibility index (Phi) is 4.99. The molecule has 3 aromatic carbocycles. The normalized spacial score (nSPS) is 11.5. The molecule has 0 saturated carbocycles. The lowest BCUT2D eigenvalue weighted by Gasteiger charge is -2.11. The van der Waals surface area contributed by atoms with Crippen LogP contribution in [0.3, 0.4) is 0 Å². The minimum Gasteiger partial charge on any atom is -0.457 e. The van der Waals surface area contributed by atoms with E-state index in [9.17, 15) is 0 Å². The standard InChI is InChI=1S/C33H22N6O/c1-2-11-29-27(10-1)28-15-14-26(21-30(28)38(29)32-13-4-6-18-35-32)40-25-9-7-8-24(20-25)39-33-23(22-36-39)16-19-37(33)31-12-3-5-17-34-31/h1-22H. The van der Waals surface area contributed by atoms with Crippen molar-refractivity contribution in [1.29, 1.82) is 0 Å². The molecular weight excluding hydrogens is 496 g/mol. The largest absolute Gasteiger partial charge is 0.457 e. The summed E-state index contributed by atoms with van der Waals surface area (Å²) < 4.78 is 12.6. The average molecular weight is 519 g/mol. The summed E-state index contributed by atoms with van der Waals surface area (Å²) in [6.07, 6.45) is 7.49. The number of fused-ring (bicyclic) bond motifs is 4. The SMILES string of the molecule is c1ccc(-n2ccc3cnn(-c4cccc(Oc5ccc6c7ccccc7n(-c7ccccn7)c6c5)c4)c32)nc1. The van der Waals surface area contributed by atoms with Crippen molar-refractivity contribution >= 4 is 32.8 Å². The molecule has 190 valence electrons. The maximum Gasteiger partial charge on any atom is 0.149 e. The minimum absolute atomic E-state index is 0.719. The summed E-state index contributed by atoms with van der Waals surface area (Å²) in [6, 6.07) is 36.4. The van der Waals surface area contributed by atoms with Gasteiger partial charge in [-0.2, -0.15) is 5.10 Å². The smallest absolute Gasteiger partial charge is 0.149 e. The molecule has 5 aromatic heterocycles. The molecule has 40 heavy (non-hydrogen) atoms. The number of pyridine rings is 2. The van der Waals surface area contributed by atoms with Crippen LogP contribution in [0.15, 0.2) is 134 Å². The lowest BCUT2D eigenvalue weighted by atomic mass is 10.1. The van der Waals surface area contributed by atoms with Crippen LogP contribution >= 0.6 is 0 Å². The third-order valence-corrected chi connectivity index (χ3v) is 7.12. The van der Waals surface area contributed by atoms with Crippen molar-refractivity contribution in [3.63, 3.8) is 0 Å². The van der Waals surface area contributed by atoms with Crippen molar-refractivity contribution in [3.05, 3.63) is 134 Å². The van der Waals surface area contributed by atoms with Crippen LogP contribution in [0.25, 0.3) is 50.2 Å². The highest BCUT2D eigenvalue weighted by Crippen LogP contribution is 2.35. The van der Waals surface area contributed by atoms with E-state index in [2.05, 4.69) is 56.0 Å². The summed E-state index contributed by atoms with van der Waals surface area (Å²) in [5.74, 6) is 3.17. The topological polar surface area (TPSA) is 62.7 Å². The van der Waals surface area contributed by atoms with E-state index in [0.717, 1.165) is 56.3 Å². The van der Waals surface area contributed by atoms with Crippen molar-refractivity contribution in [2.75, 3.05) is 0 Å². The summed E-state index contributed by atoms with van der Waals surface area (Å²) in [4.78, 5) is 9.15. The zero-order chi connectivity index (χ0) is 26.5. The molecule has 0 aliphatic heterocycles. The monoisotopic (exact) mass is 518 g/mol. The highest BCUT2D eigenvalue weighted by Gasteiger charge is 2.15. The summed E-state index contributed by atoms with van der Waals surface area (Å²) in [5, 5.41) is 8.03. The molecule has 5 heterocycles. The third-order valence-electron chi connectivity index (χ3n) is 7.12. The van der Waals surface area contributed by atoms with Crippen LogP contribution in [-0.2, 0) is 0 Å². The molecule has 7 nitrogen and oxygen atoms in total. The van der Waals surface area contributed by atoms with Crippen LogP contribution in [-0.4, -0.2) is 28.9 Å². The van der Waals surface area contributed by atoms with Gasteiger partial charge in [0.05, 0.1) is 22.9 Å². The predicted octanol–water partition coefficient (Wildman–Crippen LogP) is 7.50. The van der Waals surface area contributed by atoms with E-state index >= 15 is 0 Å². The highest BCUT2D eigenvalue weighted by molar-refractivity contribution is 6.09. The Bertz CT molecular complexity index is 2140. The van der Waals surface area contributed by atoms with Crippen LogP contribution < -0.4 is 4.74 Å². The van der Waals surface area contributed by atoms with Gasteiger partial charge in [-0.1, -0.05) is 36.4 Å². The van der Waals surface area contributed by atoms with Gasteiger partial charge in [0.25, 0.3) is 0 Å². The molecule has 0 unspecified atom stereocenters. The molecule has 8 rings (SSSR count). The van der Waals surface area contributed by atoms with E-state index in [-0.39, 0.29) is 0 Å². The summed E-state index contributed by atoms with van der Waals surface area (Å²) >= 11 is 0. The molecular formula is C33H22N6O. The first-order valence-corrected chi connectivity index (χ1v) is 13.0. The second kappa shape index (κ2) is 8.96. The lowest BCUT2D eigenvalue weighted by Crippen LogP contribution is -2.03. The Balaban J connectivity index is 1.21. The van der Waals surface area contributed by atoms with Crippen molar-refractivity contribution in [2.45, 2.75) is 0 Å². The molecule has 0 amide bonds. The van der Waals surface area contributed by atoms with E-state index in [1.807, 2.05) is 101 Å². The maximum absolute atomic E-state index is 6.43. The first kappa shape index (κ1) is 22.3. The molecule has 8 aromatic rings. The molecule has 0 N–H and O–H groups in total. The minimum atomic E-state index is 0.719. The molecule has 0 aliphatic rings. The van der Waals surface area contributed by atoms with E-state index in [1.54, 1.807) is 6.20 Å². The van der Waals surface area contributed by atoms with Crippen molar-refractivity contribution in [3.8, 4) is 28.8 Å². The van der Waals surface area contributed by atoms with Gasteiger partial charge in [-0.05, 0) is 60.7 Å². The number of hydrogen-bond donors (Lipinski definition) is 0. The van der Waals surface area contributed by atoms with Crippen LogP contribution in [0.1, 0.15) is 0 Å². The molecule has 0 radical (unpaired) electrons. The third kappa shape index (κ3) is 3.56. The molecule has 0 bridgehead atoms. The number of rotatable bonds is 5. The molecule has 0 saturated heterocycles. The van der Waals surface area contributed by atoms with Gasteiger partial charge in [0.2, 0.25) is 0 Å². The summed E-state index contributed by atoms with van der Waals surface area (Å²) in [6.45, 7) is 0. The van der Waals surface area contributed by atoms with Gasteiger partial charge in [0, 0.05) is 46.9 Å². The Labute approximate surface area is 229 Å². The second-order valence-electron chi connectivity index (χ2n) is 9.53. The highest BCUT2D eigenvalue weighted by atomic mass is 16.5. The van der Waals surface area contributed by atoms with Crippen LogP contribution in [0.5, 0.6) is 11.5 Å². The molecule has 0 atom stereocenters. The fraction of sp³-hybridized carbons (Fsp3) is 0. The number of aromatic nitrogens is 6. The number of benzene rings is 3. The molecule has 0 aliphatic carbocycles. The van der Waals surface area contributed by atoms with E-state index in [4.69, 9.17) is 4.74 Å². The van der Waals surface area contributed by atoms with Gasteiger partial charge >= 0.3 is 0 Å². The molecule has 0 fully saturated rings. The number of ether oxygens (including phenoxy) is 1. The molecule has 0 spiro atoms. The van der Waals surface area contributed by atoms with Crippen molar-refractivity contribution < 1.29 is 4.74 Å². The quantitative estimate of drug-likeness (QED) is 0.237. The lowest BCUT2D eigenvalue weighted by molar-refractivity contribution is 0.483. The Morgan fingerprint density at radius 3 is 2.23 bits per heavy atom. The Morgan fingerprint density at radius 2 is 1.38 bits per heavy atom. The average Bonchev–Trinajstić information content (AvgIpc) is 3.70. The first-order valence-electron chi connectivity index (χ1n) is 13.0. The van der Waals surface area contributed by atoms with Gasteiger partial charge < -0.3 is 4.74 Å². The van der Waals surface area contributed by atoms with E-state index in [1.165, 1.54) is 5.39 Å². The van der Waals surface area contributed by atoms with E-state index in [0.29, 0.717) is 0 Å². The zero-order valence-electron chi connectivity index (χ0n) is 21.3. The van der Waals surface area contributed by atoms with Gasteiger partial charge in [-0.25, -0.2) is 14.6 Å². The van der Waals surface area contributed by atoms with Crippen molar-refractivity contribution in [2.24, 2.45) is 0 Å². The zero-order valence-corrected chi connectivity index (χ0v) is 21.3. The number of para-hydroxylation sites is 1. The predicted molar refractivity (Wildman–Crippen MR) is 157 cm³/mol. The first-order chi connectivity index (χ1) is 19.8. The molecule has 7 heteroatoms. The van der Waals surface area contributed by atoms with Crippen LogP contribution in [0.4, 0.5) is 0 Å². The Morgan fingerprint density at radius 1 is 0.600 bits per heavy atom. The van der Waals surface area contributed by atoms with Gasteiger partial charge in [0.1, 0.15) is 28.8 Å². The fourth-order valence-corrected chi connectivity index (χ4v) is 5.37. The van der Waals surface area contributed by atoms with Crippen molar-refractivity contribution in [1.82, 2.24) is 28.9 Å². The van der Waals surface area contributed by atoms with Crippen LogP contribution in [0, 0.1) is 0 Å². The summed E-state index contributed by atoms with van der Waals surface area (Å²) in [5.41, 5.74) is 3.98. The van der Waals surface area contributed by atoms with Gasteiger partial charge in [0.15, 0.2) is 0 Å². The summed E-state index contributed by atoms with van der Waals surface area (Å²) in [7, 11) is 0. The van der Waals surface area contributed by atoms with E-state index < -0.39 is 0 Å². The second-order valence-corrected chi connectivity index (χ2v) is 9.53.